The second kappa shape index (κ2) is 5.11. The molecule has 4 aliphatic carbocycles. The topological polar surface area (TPSA) is 41.6 Å². The van der Waals surface area contributed by atoms with E-state index in [0.29, 0.717) is 18.2 Å². The SMILES string of the molecule is COC1CC2CCC(C1)N2C(=O)NC12CC3CC(CC(C3)C1)C2. The van der Waals surface area contributed by atoms with Gasteiger partial charge in [0.1, 0.15) is 0 Å². The number of piperidine rings is 1. The number of nitrogens with one attached hydrogen (secondary N) is 1. The zero-order chi connectivity index (χ0) is 15.6. The molecule has 2 saturated heterocycles. The van der Waals surface area contributed by atoms with Crippen LogP contribution in [0.15, 0.2) is 0 Å². The van der Waals surface area contributed by atoms with Gasteiger partial charge in [0.05, 0.1) is 6.10 Å². The molecule has 6 bridgehead atoms. The van der Waals surface area contributed by atoms with Crippen molar-refractivity contribution in [1.29, 1.82) is 0 Å². The third-order valence-electron chi connectivity index (χ3n) is 7.67. The van der Waals surface area contributed by atoms with Gasteiger partial charge in [0.15, 0.2) is 0 Å². The van der Waals surface area contributed by atoms with Crippen LogP contribution in [0.3, 0.4) is 0 Å². The summed E-state index contributed by atoms with van der Waals surface area (Å²) in [6.07, 6.45) is 12.8. The number of carbonyl (C=O) groups excluding carboxylic acids is 1. The molecule has 0 aromatic carbocycles. The molecule has 2 heterocycles. The highest BCUT2D eigenvalue weighted by Gasteiger charge is 2.53. The molecule has 4 saturated carbocycles. The fraction of sp³-hybridized carbons (Fsp3) is 0.947. The lowest BCUT2D eigenvalue weighted by Crippen LogP contribution is -2.63. The van der Waals surface area contributed by atoms with E-state index in [1.54, 1.807) is 0 Å². The molecule has 6 rings (SSSR count). The quantitative estimate of drug-likeness (QED) is 0.849. The number of nitrogens with zero attached hydrogens (tertiary/aromatic N) is 1. The first-order valence-corrected chi connectivity index (χ1v) is 9.77. The third kappa shape index (κ3) is 2.32. The van der Waals surface area contributed by atoms with Crippen molar-refractivity contribution in [2.45, 2.75) is 87.9 Å². The summed E-state index contributed by atoms with van der Waals surface area (Å²) in [5.41, 5.74) is 0.142. The fourth-order valence-electron chi connectivity index (χ4n) is 7.21. The Hall–Kier alpha value is -0.770. The highest BCUT2D eigenvalue weighted by Crippen LogP contribution is 2.55. The number of hydrogen-bond acceptors (Lipinski definition) is 2. The van der Waals surface area contributed by atoms with Gasteiger partial charge in [-0.2, -0.15) is 0 Å². The van der Waals surface area contributed by atoms with E-state index < -0.39 is 0 Å². The Balaban J connectivity index is 1.31. The molecule has 0 aromatic heterocycles. The molecule has 6 fully saturated rings. The number of hydrogen-bond donors (Lipinski definition) is 1. The second-order valence-corrected chi connectivity index (χ2v) is 9.25. The van der Waals surface area contributed by atoms with E-state index in [-0.39, 0.29) is 11.6 Å². The normalized spacial score (nSPS) is 50.4. The van der Waals surface area contributed by atoms with Crippen molar-refractivity contribution in [1.82, 2.24) is 10.2 Å². The zero-order valence-electron chi connectivity index (χ0n) is 14.3. The maximum Gasteiger partial charge on any atom is 0.318 e. The molecular weight excluding hydrogens is 288 g/mol. The average molecular weight is 318 g/mol. The van der Waals surface area contributed by atoms with Crippen molar-refractivity contribution >= 4 is 6.03 Å². The van der Waals surface area contributed by atoms with E-state index in [2.05, 4.69) is 10.2 Å². The second-order valence-electron chi connectivity index (χ2n) is 9.25. The molecule has 2 atom stereocenters. The summed E-state index contributed by atoms with van der Waals surface area (Å²) in [6.45, 7) is 0. The lowest BCUT2D eigenvalue weighted by Gasteiger charge is -2.57. The van der Waals surface area contributed by atoms with Crippen LogP contribution in [0.5, 0.6) is 0 Å². The first kappa shape index (κ1) is 14.6. The van der Waals surface area contributed by atoms with Gasteiger partial charge in [-0.15, -0.1) is 0 Å². The van der Waals surface area contributed by atoms with E-state index >= 15 is 0 Å². The Morgan fingerprint density at radius 3 is 1.96 bits per heavy atom. The molecule has 2 unspecified atom stereocenters. The van der Waals surface area contributed by atoms with Gasteiger partial charge in [-0.05, 0) is 82.0 Å². The van der Waals surface area contributed by atoms with Crippen molar-refractivity contribution in [2.24, 2.45) is 17.8 Å². The van der Waals surface area contributed by atoms with Crippen molar-refractivity contribution in [3.05, 3.63) is 0 Å². The number of fused-ring (bicyclic) bond motifs is 2. The Morgan fingerprint density at radius 2 is 1.48 bits per heavy atom. The van der Waals surface area contributed by atoms with Crippen LogP contribution in [0, 0.1) is 17.8 Å². The summed E-state index contributed by atoms with van der Waals surface area (Å²) in [4.78, 5) is 15.3. The van der Waals surface area contributed by atoms with Crippen LogP contribution in [0.4, 0.5) is 4.79 Å². The van der Waals surface area contributed by atoms with Gasteiger partial charge in [-0.1, -0.05) is 0 Å². The summed E-state index contributed by atoms with van der Waals surface area (Å²) in [6, 6.07) is 1.06. The lowest BCUT2D eigenvalue weighted by atomic mass is 9.53. The van der Waals surface area contributed by atoms with Crippen LogP contribution in [-0.4, -0.2) is 41.8 Å². The molecule has 128 valence electrons. The van der Waals surface area contributed by atoms with Crippen molar-refractivity contribution in [3.8, 4) is 0 Å². The van der Waals surface area contributed by atoms with Crippen molar-refractivity contribution in [3.63, 3.8) is 0 Å². The molecule has 4 heteroatoms. The maximum absolute atomic E-state index is 13.1. The number of carbonyl (C=O) groups is 1. The molecule has 0 aromatic rings. The van der Waals surface area contributed by atoms with Crippen LogP contribution in [0.1, 0.15) is 64.2 Å². The van der Waals surface area contributed by atoms with Gasteiger partial charge in [-0.25, -0.2) is 4.79 Å². The molecule has 0 spiro atoms. The Bertz CT molecular complexity index is 456. The van der Waals surface area contributed by atoms with Crippen LogP contribution < -0.4 is 5.32 Å². The number of rotatable bonds is 2. The minimum absolute atomic E-state index is 0.142. The van der Waals surface area contributed by atoms with E-state index in [0.717, 1.165) is 30.6 Å². The van der Waals surface area contributed by atoms with Crippen LogP contribution in [0.25, 0.3) is 0 Å². The monoisotopic (exact) mass is 318 g/mol. The summed E-state index contributed by atoms with van der Waals surface area (Å²) < 4.78 is 5.58. The summed E-state index contributed by atoms with van der Waals surface area (Å²) in [7, 11) is 1.81. The molecule has 2 amide bonds. The van der Waals surface area contributed by atoms with Crippen LogP contribution in [0.2, 0.25) is 0 Å². The van der Waals surface area contributed by atoms with Crippen molar-refractivity contribution < 1.29 is 9.53 Å². The molecule has 2 aliphatic heterocycles. The van der Waals surface area contributed by atoms with Crippen LogP contribution >= 0.6 is 0 Å². The number of urea groups is 1. The van der Waals surface area contributed by atoms with E-state index in [4.69, 9.17) is 4.74 Å². The highest BCUT2D eigenvalue weighted by molar-refractivity contribution is 5.76. The summed E-state index contributed by atoms with van der Waals surface area (Å²) in [5, 5.41) is 3.57. The van der Waals surface area contributed by atoms with E-state index in [9.17, 15) is 4.79 Å². The number of amides is 2. The van der Waals surface area contributed by atoms with Crippen LogP contribution in [-0.2, 0) is 4.74 Å². The van der Waals surface area contributed by atoms with E-state index in [1.807, 2.05) is 7.11 Å². The van der Waals surface area contributed by atoms with Gasteiger partial charge in [0, 0.05) is 24.7 Å². The Kier molecular flexibility index (Phi) is 3.24. The van der Waals surface area contributed by atoms with Gasteiger partial charge >= 0.3 is 6.03 Å². The minimum Gasteiger partial charge on any atom is -0.381 e. The molecule has 0 radical (unpaired) electrons. The first-order chi connectivity index (χ1) is 11.1. The first-order valence-electron chi connectivity index (χ1n) is 9.77. The molecule has 23 heavy (non-hydrogen) atoms. The van der Waals surface area contributed by atoms with Gasteiger partial charge in [0.2, 0.25) is 0 Å². The zero-order valence-corrected chi connectivity index (χ0v) is 14.3. The lowest BCUT2D eigenvalue weighted by molar-refractivity contribution is -0.0210. The maximum atomic E-state index is 13.1. The van der Waals surface area contributed by atoms with Gasteiger partial charge in [0.25, 0.3) is 0 Å². The molecule has 6 aliphatic rings. The predicted molar refractivity (Wildman–Crippen MR) is 88.1 cm³/mol. The van der Waals surface area contributed by atoms with E-state index in [1.165, 1.54) is 51.4 Å². The van der Waals surface area contributed by atoms with Gasteiger partial charge < -0.3 is 15.0 Å². The Morgan fingerprint density at radius 1 is 0.957 bits per heavy atom. The molecular formula is C19H30N2O2. The number of ether oxygens (including phenoxy) is 1. The minimum atomic E-state index is 0.142. The Labute approximate surface area is 139 Å². The molecule has 1 N–H and O–H groups in total. The van der Waals surface area contributed by atoms with Crippen molar-refractivity contribution in [2.75, 3.05) is 7.11 Å². The average Bonchev–Trinajstić information content (AvgIpc) is 2.76. The number of methoxy groups -OCH3 is 1. The fourth-order valence-corrected chi connectivity index (χ4v) is 7.21. The smallest absolute Gasteiger partial charge is 0.318 e. The van der Waals surface area contributed by atoms with Gasteiger partial charge in [-0.3, -0.25) is 0 Å². The third-order valence-corrected chi connectivity index (χ3v) is 7.67. The molecule has 4 nitrogen and oxygen atoms in total. The largest absolute Gasteiger partial charge is 0.381 e. The standard InChI is InChI=1S/C19H30N2O2/c1-23-17-7-15-2-3-16(8-17)21(15)18(22)20-19-9-12-4-13(10-19)6-14(5-12)11-19/h12-17H,2-11H2,1H3,(H,20,22). The predicted octanol–water partition coefficient (Wildman–Crippen LogP) is 3.31. The summed E-state index contributed by atoms with van der Waals surface area (Å²) in [5.74, 6) is 2.66. The highest BCUT2D eigenvalue weighted by atomic mass is 16.5. The summed E-state index contributed by atoms with van der Waals surface area (Å²) >= 11 is 0.